The van der Waals surface area contributed by atoms with Crippen LogP contribution in [0.3, 0.4) is 0 Å². The fourth-order valence-corrected chi connectivity index (χ4v) is 3.63. The molecule has 0 heterocycles. The molecule has 4 heteroatoms. The zero-order chi connectivity index (χ0) is 12.8. The maximum atomic E-state index is 11.9. The normalized spacial score (nSPS) is 17.3. The van der Waals surface area contributed by atoms with Crippen molar-refractivity contribution in [1.82, 2.24) is 0 Å². The molecule has 1 unspecified atom stereocenters. The first-order valence-electron chi connectivity index (χ1n) is 6.30. The molecule has 96 valence electrons. The average molecular weight is 263 g/mol. The van der Waals surface area contributed by atoms with Gasteiger partial charge in [-0.2, -0.15) is 5.26 Å². The highest BCUT2D eigenvalue weighted by Gasteiger charge is 2.20. The molecule has 18 heavy (non-hydrogen) atoms. The van der Waals surface area contributed by atoms with Crippen LogP contribution in [0.15, 0.2) is 24.3 Å². The van der Waals surface area contributed by atoms with Gasteiger partial charge in [0.2, 0.25) is 0 Å². The molecule has 0 amide bonds. The summed E-state index contributed by atoms with van der Waals surface area (Å²) in [6.07, 6.45) is 4.63. The summed E-state index contributed by atoms with van der Waals surface area (Å²) in [6, 6.07) is 9.06. The smallest absolute Gasteiger partial charge is 0.119 e. The summed E-state index contributed by atoms with van der Waals surface area (Å²) in [5.41, 5.74) is 0.622. The van der Waals surface area contributed by atoms with Gasteiger partial charge < -0.3 is 4.74 Å². The monoisotopic (exact) mass is 263 g/mol. The first-order valence-corrected chi connectivity index (χ1v) is 7.68. The second-order valence-corrected chi connectivity index (χ2v) is 6.31. The van der Waals surface area contributed by atoms with E-state index in [1.54, 1.807) is 24.3 Å². The molecule has 1 aliphatic rings. The highest BCUT2D eigenvalue weighted by Crippen LogP contribution is 2.23. The minimum absolute atomic E-state index is 0.384. The van der Waals surface area contributed by atoms with Crippen molar-refractivity contribution in [3.05, 3.63) is 29.8 Å². The number of benzene rings is 1. The van der Waals surface area contributed by atoms with Crippen LogP contribution in [-0.2, 0) is 10.8 Å². The molecule has 0 saturated heterocycles. The third kappa shape index (κ3) is 3.58. The predicted octanol–water partition coefficient (Wildman–Crippen LogP) is 2.63. The van der Waals surface area contributed by atoms with Crippen molar-refractivity contribution >= 4 is 10.8 Å². The van der Waals surface area contributed by atoms with Gasteiger partial charge in [0.25, 0.3) is 0 Å². The standard InChI is InChI=1S/C14H17NO2S/c15-11-12-5-7-13(8-6-12)17-9-10-18(16)14-3-1-2-4-14/h5-8,14H,1-4,9-10H2. The number of ether oxygens (including phenoxy) is 1. The number of nitriles is 1. The minimum Gasteiger partial charge on any atom is -0.493 e. The summed E-state index contributed by atoms with van der Waals surface area (Å²) in [7, 11) is -0.752. The van der Waals surface area contributed by atoms with E-state index in [9.17, 15) is 4.21 Å². The third-order valence-corrected chi connectivity index (χ3v) is 4.99. The summed E-state index contributed by atoms with van der Waals surface area (Å²) in [4.78, 5) is 0. The lowest BCUT2D eigenvalue weighted by atomic mass is 10.2. The Hall–Kier alpha value is -1.34. The maximum absolute atomic E-state index is 11.9. The van der Waals surface area contributed by atoms with Gasteiger partial charge in [-0.1, -0.05) is 12.8 Å². The van der Waals surface area contributed by atoms with Crippen LogP contribution in [0.5, 0.6) is 5.75 Å². The van der Waals surface area contributed by atoms with Crippen LogP contribution in [0.1, 0.15) is 31.2 Å². The van der Waals surface area contributed by atoms with Crippen molar-refractivity contribution in [3.8, 4) is 11.8 Å². The molecule has 1 aromatic carbocycles. The Morgan fingerprint density at radius 2 is 1.94 bits per heavy atom. The molecule has 3 nitrogen and oxygen atoms in total. The van der Waals surface area contributed by atoms with E-state index in [1.165, 1.54) is 12.8 Å². The number of rotatable bonds is 5. The van der Waals surface area contributed by atoms with Gasteiger partial charge in [0.1, 0.15) is 5.75 Å². The number of nitrogens with zero attached hydrogens (tertiary/aromatic N) is 1. The van der Waals surface area contributed by atoms with Crippen LogP contribution in [0.25, 0.3) is 0 Å². The van der Waals surface area contributed by atoms with Crippen molar-refractivity contribution in [2.75, 3.05) is 12.4 Å². The zero-order valence-corrected chi connectivity index (χ0v) is 11.1. The lowest BCUT2D eigenvalue weighted by Gasteiger charge is -2.10. The highest BCUT2D eigenvalue weighted by atomic mass is 32.2. The molecule has 0 radical (unpaired) electrons. The Labute approximate surface area is 110 Å². The zero-order valence-electron chi connectivity index (χ0n) is 10.3. The molecule has 1 aromatic rings. The fraction of sp³-hybridized carbons (Fsp3) is 0.500. The van der Waals surface area contributed by atoms with Gasteiger partial charge in [0.15, 0.2) is 0 Å². The SMILES string of the molecule is N#Cc1ccc(OCCS(=O)C2CCCC2)cc1. The summed E-state index contributed by atoms with van der Waals surface area (Å²) in [5.74, 6) is 1.34. The van der Waals surface area contributed by atoms with E-state index in [0.29, 0.717) is 23.2 Å². The first-order chi connectivity index (χ1) is 8.79. The molecule has 1 fully saturated rings. The first kappa shape index (κ1) is 13.1. The Balaban J connectivity index is 1.74. The molecule has 1 atom stereocenters. The van der Waals surface area contributed by atoms with Gasteiger partial charge in [0.05, 0.1) is 24.0 Å². The Morgan fingerprint density at radius 3 is 2.56 bits per heavy atom. The molecule has 1 saturated carbocycles. The molecule has 1 aliphatic carbocycles. The van der Waals surface area contributed by atoms with Gasteiger partial charge in [-0.25, -0.2) is 0 Å². The topological polar surface area (TPSA) is 50.1 Å². The lowest BCUT2D eigenvalue weighted by molar-refractivity contribution is 0.342. The van der Waals surface area contributed by atoms with Crippen LogP contribution in [-0.4, -0.2) is 21.8 Å². The van der Waals surface area contributed by atoms with Crippen molar-refractivity contribution in [1.29, 1.82) is 5.26 Å². The quantitative estimate of drug-likeness (QED) is 0.820. The van der Waals surface area contributed by atoms with Crippen LogP contribution >= 0.6 is 0 Å². The summed E-state index contributed by atoms with van der Waals surface area (Å²) in [6.45, 7) is 0.481. The molecule has 0 N–H and O–H groups in total. The molecule has 0 bridgehead atoms. The van der Waals surface area contributed by atoms with E-state index in [1.807, 2.05) is 0 Å². The minimum atomic E-state index is -0.752. The van der Waals surface area contributed by atoms with E-state index >= 15 is 0 Å². The average Bonchev–Trinajstić information content (AvgIpc) is 2.93. The molecule has 0 aromatic heterocycles. The van der Waals surface area contributed by atoms with Crippen LogP contribution in [0.4, 0.5) is 0 Å². The molecule has 0 aliphatic heterocycles. The van der Waals surface area contributed by atoms with Crippen molar-refractivity contribution in [3.63, 3.8) is 0 Å². The van der Waals surface area contributed by atoms with Gasteiger partial charge >= 0.3 is 0 Å². The predicted molar refractivity (Wildman–Crippen MR) is 71.9 cm³/mol. The van der Waals surface area contributed by atoms with Crippen molar-refractivity contribution in [2.45, 2.75) is 30.9 Å². The summed E-state index contributed by atoms with van der Waals surface area (Å²) < 4.78 is 17.5. The van der Waals surface area contributed by atoms with E-state index in [0.717, 1.165) is 18.6 Å². The van der Waals surface area contributed by atoms with Gasteiger partial charge in [0, 0.05) is 16.0 Å². The summed E-state index contributed by atoms with van der Waals surface area (Å²) >= 11 is 0. The number of hydrogen-bond acceptors (Lipinski definition) is 3. The maximum Gasteiger partial charge on any atom is 0.119 e. The second-order valence-electron chi connectivity index (χ2n) is 4.48. The van der Waals surface area contributed by atoms with Gasteiger partial charge in [-0.3, -0.25) is 4.21 Å². The largest absolute Gasteiger partial charge is 0.493 e. The summed E-state index contributed by atoms with van der Waals surface area (Å²) in [5, 5.41) is 9.05. The van der Waals surface area contributed by atoms with Gasteiger partial charge in [-0.15, -0.1) is 0 Å². The molecular formula is C14H17NO2S. The van der Waals surface area contributed by atoms with Crippen LogP contribution < -0.4 is 4.74 Å². The van der Waals surface area contributed by atoms with Gasteiger partial charge in [-0.05, 0) is 37.1 Å². The van der Waals surface area contributed by atoms with E-state index < -0.39 is 10.8 Å². The lowest BCUT2D eigenvalue weighted by Crippen LogP contribution is -2.18. The van der Waals surface area contributed by atoms with E-state index in [2.05, 4.69) is 6.07 Å². The van der Waals surface area contributed by atoms with Crippen LogP contribution in [0, 0.1) is 11.3 Å². The molecular weight excluding hydrogens is 246 g/mol. The number of hydrogen-bond donors (Lipinski definition) is 0. The fourth-order valence-electron chi connectivity index (χ4n) is 2.19. The van der Waals surface area contributed by atoms with Crippen molar-refractivity contribution in [2.24, 2.45) is 0 Å². The highest BCUT2D eigenvalue weighted by molar-refractivity contribution is 7.85. The second kappa shape index (κ2) is 6.55. The Bertz CT molecular complexity index is 444. The Kier molecular flexibility index (Phi) is 4.77. The van der Waals surface area contributed by atoms with Crippen LogP contribution in [0.2, 0.25) is 0 Å². The van der Waals surface area contributed by atoms with Crippen molar-refractivity contribution < 1.29 is 8.95 Å². The third-order valence-electron chi connectivity index (χ3n) is 3.21. The Morgan fingerprint density at radius 1 is 1.28 bits per heavy atom. The molecule has 2 rings (SSSR count). The molecule has 0 spiro atoms. The van der Waals surface area contributed by atoms with E-state index in [4.69, 9.17) is 10.00 Å². The van der Waals surface area contributed by atoms with E-state index in [-0.39, 0.29) is 0 Å².